The maximum atomic E-state index is 13.6. The van der Waals surface area contributed by atoms with Crippen LogP contribution in [0.5, 0.6) is 0 Å². The minimum atomic E-state index is -0.247. The Morgan fingerprint density at radius 3 is 2.32 bits per heavy atom. The van der Waals surface area contributed by atoms with E-state index in [4.69, 9.17) is 28.2 Å². The van der Waals surface area contributed by atoms with Crippen molar-refractivity contribution in [2.45, 2.75) is 0 Å². The summed E-state index contributed by atoms with van der Waals surface area (Å²) >= 11 is 16.0. The van der Waals surface area contributed by atoms with Gasteiger partial charge in [-0.2, -0.15) is 5.10 Å². The first-order chi connectivity index (χ1) is 15.0. The molecule has 3 aromatic carbocycles. The predicted octanol–water partition coefficient (Wildman–Crippen LogP) is 6.31. The summed E-state index contributed by atoms with van der Waals surface area (Å²) < 4.78 is 4.02. The lowest BCUT2D eigenvalue weighted by Crippen LogP contribution is -2.22. The number of aromatic nitrogens is 4. The fourth-order valence-electron chi connectivity index (χ4n) is 3.41. The second-order valence-electron chi connectivity index (χ2n) is 6.81. The third-order valence-electron chi connectivity index (χ3n) is 4.86. The number of nitrogens with zero attached hydrogens (tertiary/aromatic N) is 4. The third kappa shape index (κ3) is 3.57. The first-order valence-corrected chi connectivity index (χ1v) is 10.9. The molecule has 2 aromatic heterocycles. The molecule has 0 aliphatic carbocycles. The Labute approximate surface area is 195 Å². The van der Waals surface area contributed by atoms with Gasteiger partial charge in [0.15, 0.2) is 11.5 Å². The summed E-state index contributed by atoms with van der Waals surface area (Å²) in [6.45, 7) is 0. The monoisotopic (exact) mass is 510 g/mol. The highest BCUT2D eigenvalue weighted by molar-refractivity contribution is 9.10. The molecule has 0 bridgehead atoms. The molecule has 0 saturated carbocycles. The SMILES string of the molecule is O=c1c2cnn(-c3ccccc3)c2nc(-c2ccc(Br)cc2Cl)n1-c1ccc(Cl)cc1. The summed E-state index contributed by atoms with van der Waals surface area (Å²) in [5, 5.41) is 5.87. The van der Waals surface area contributed by atoms with E-state index in [1.807, 2.05) is 42.5 Å². The lowest BCUT2D eigenvalue weighted by Gasteiger charge is -2.14. The van der Waals surface area contributed by atoms with Crippen molar-refractivity contribution in [2.75, 3.05) is 0 Å². The van der Waals surface area contributed by atoms with Crippen molar-refractivity contribution in [2.24, 2.45) is 0 Å². The molecule has 0 radical (unpaired) electrons. The Bertz CT molecular complexity index is 1480. The van der Waals surface area contributed by atoms with Crippen molar-refractivity contribution in [1.29, 1.82) is 0 Å². The highest BCUT2D eigenvalue weighted by atomic mass is 79.9. The molecule has 152 valence electrons. The molecule has 5 aromatic rings. The number of rotatable bonds is 3. The first-order valence-electron chi connectivity index (χ1n) is 9.30. The zero-order valence-corrected chi connectivity index (χ0v) is 18.9. The molecule has 0 saturated heterocycles. The Hall–Kier alpha value is -2.93. The summed E-state index contributed by atoms with van der Waals surface area (Å²) in [5.41, 5.74) is 2.27. The molecule has 0 aliphatic rings. The van der Waals surface area contributed by atoms with E-state index < -0.39 is 0 Å². The van der Waals surface area contributed by atoms with Gasteiger partial charge >= 0.3 is 0 Å². The van der Waals surface area contributed by atoms with Crippen LogP contribution in [0.4, 0.5) is 0 Å². The van der Waals surface area contributed by atoms with Gasteiger partial charge in [-0.3, -0.25) is 9.36 Å². The van der Waals surface area contributed by atoms with Crippen molar-refractivity contribution < 1.29 is 0 Å². The van der Waals surface area contributed by atoms with Crippen LogP contribution in [0.2, 0.25) is 10.0 Å². The zero-order chi connectivity index (χ0) is 21.5. The number of hydrogen-bond donors (Lipinski definition) is 0. The van der Waals surface area contributed by atoms with Crippen molar-refractivity contribution in [1.82, 2.24) is 19.3 Å². The molecule has 0 atom stereocenters. The van der Waals surface area contributed by atoms with Crippen LogP contribution in [0.3, 0.4) is 0 Å². The molecule has 31 heavy (non-hydrogen) atoms. The highest BCUT2D eigenvalue weighted by Crippen LogP contribution is 2.31. The summed E-state index contributed by atoms with van der Waals surface area (Å²) in [5.74, 6) is 0.412. The number of fused-ring (bicyclic) bond motifs is 1. The van der Waals surface area contributed by atoms with Crippen LogP contribution >= 0.6 is 39.1 Å². The predicted molar refractivity (Wildman–Crippen MR) is 128 cm³/mol. The molecule has 2 heterocycles. The van der Waals surface area contributed by atoms with Gasteiger partial charge in [-0.05, 0) is 54.6 Å². The van der Waals surface area contributed by atoms with Crippen LogP contribution in [-0.2, 0) is 0 Å². The van der Waals surface area contributed by atoms with Gasteiger partial charge in [0.25, 0.3) is 5.56 Å². The van der Waals surface area contributed by atoms with Gasteiger partial charge in [-0.25, -0.2) is 9.67 Å². The average Bonchev–Trinajstić information content (AvgIpc) is 3.20. The molecule has 8 heteroatoms. The summed E-state index contributed by atoms with van der Waals surface area (Å²) in [4.78, 5) is 18.5. The fraction of sp³-hybridized carbons (Fsp3) is 0. The van der Waals surface area contributed by atoms with E-state index >= 15 is 0 Å². The van der Waals surface area contributed by atoms with Crippen molar-refractivity contribution in [3.05, 3.63) is 104 Å². The fourth-order valence-corrected chi connectivity index (χ4v) is 4.29. The van der Waals surface area contributed by atoms with E-state index in [2.05, 4.69) is 21.0 Å². The van der Waals surface area contributed by atoms with Crippen molar-refractivity contribution >= 4 is 50.2 Å². The third-order valence-corrected chi connectivity index (χ3v) is 5.92. The Morgan fingerprint density at radius 2 is 1.61 bits per heavy atom. The summed E-state index contributed by atoms with van der Waals surface area (Å²) in [7, 11) is 0. The lowest BCUT2D eigenvalue weighted by molar-refractivity contribution is 0.888. The van der Waals surface area contributed by atoms with Crippen LogP contribution in [0.15, 0.2) is 88.3 Å². The molecule has 0 aliphatic heterocycles. The van der Waals surface area contributed by atoms with Crippen LogP contribution < -0.4 is 5.56 Å². The van der Waals surface area contributed by atoms with E-state index in [1.165, 1.54) is 10.8 Å². The average molecular weight is 512 g/mol. The Morgan fingerprint density at radius 1 is 0.871 bits per heavy atom. The number of hydrogen-bond acceptors (Lipinski definition) is 3. The quantitative estimate of drug-likeness (QED) is 0.285. The number of halogens is 3. The maximum Gasteiger partial charge on any atom is 0.269 e. The van der Waals surface area contributed by atoms with Crippen LogP contribution in [0, 0.1) is 0 Å². The van der Waals surface area contributed by atoms with Crippen LogP contribution in [-0.4, -0.2) is 19.3 Å². The Kier molecular flexibility index (Phi) is 5.14. The normalized spacial score (nSPS) is 11.2. The molecule has 0 N–H and O–H groups in total. The Balaban J connectivity index is 1.88. The van der Waals surface area contributed by atoms with Gasteiger partial charge < -0.3 is 0 Å². The van der Waals surface area contributed by atoms with E-state index in [0.717, 1.165) is 10.2 Å². The largest absolute Gasteiger partial charge is 0.269 e. The molecule has 5 nitrogen and oxygen atoms in total. The summed E-state index contributed by atoms with van der Waals surface area (Å²) in [6.07, 6.45) is 1.54. The molecule has 0 spiro atoms. The van der Waals surface area contributed by atoms with Crippen molar-refractivity contribution in [3.8, 4) is 22.8 Å². The number of para-hydroxylation sites is 1. The molecule has 0 amide bonds. The van der Waals surface area contributed by atoms with Crippen LogP contribution in [0.25, 0.3) is 33.8 Å². The van der Waals surface area contributed by atoms with E-state index in [1.54, 1.807) is 35.0 Å². The van der Waals surface area contributed by atoms with E-state index in [0.29, 0.717) is 38.2 Å². The summed E-state index contributed by atoms with van der Waals surface area (Å²) in [6, 6.07) is 22.0. The molecular formula is C23H13BrCl2N4O. The molecule has 0 fully saturated rings. The molecule has 0 unspecified atom stereocenters. The van der Waals surface area contributed by atoms with Gasteiger partial charge in [0, 0.05) is 15.1 Å². The lowest BCUT2D eigenvalue weighted by atomic mass is 10.2. The number of benzene rings is 3. The minimum Gasteiger partial charge on any atom is -0.268 e. The standard InChI is InChI=1S/C23H13BrCl2N4O/c24-14-6-11-18(20(26)12-14)21-28-22-19(13-27-30(22)17-4-2-1-3-5-17)23(31)29(21)16-9-7-15(25)8-10-16/h1-13H. The van der Waals surface area contributed by atoms with Gasteiger partial charge in [0.2, 0.25) is 0 Å². The van der Waals surface area contributed by atoms with Gasteiger partial charge in [0.1, 0.15) is 5.39 Å². The smallest absolute Gasteiger partial charge is 0.268 e. The minimum absolute atomic E-state index is 0.247. The van der Waals surface area contributed by atoms with Gasteiger partial charge in [-0.15, -0.1) is 0 Å². The first kappa shape index (κ1) is 20.0. The van der Waals surface area contributed by atoms with Gasteiger partial charge in [-0.1, -0.05) is 57.3 Å². The van der Waals surface area contributed by atoms with Crippen molar-refractivity contribution in [3.63, 3.8) is 0 Å². The second-order valence-corrected chi connectivity index (χ2v) is 8.57. The highest BCUT2D eigenvalue weighted by Gasteiger charge is 2.20. The topological polar surface area (TPSA) is 52.7 Å². The second kappa shape index (κ2) is 7.96. The zero-order valence-electron chi connectivity index (χ0n) is 15.8. The van der Waals surface area contributed by atoms with Crippen LogP contribution in [0.1, 0.15) is 0 Å². The molecular weight excluding hydrogens is 499 g/mol. The van der Waals surface area contributed by atoms with Gasteiger partial charge in [0.05, 0.1) is 22.6 Å². The molecule has 5 rings (SSSR count). The van der Waals surface area contributed by atoms with E-state index in [-0.39, 0.29) is 5.56 Å². The van der Waals surface area contributed by atoms with E-state index in [9.17, 15) is 4.79 Å². The maximum absolute atomic E-state index is 13.6.